The van der Waals surface area contributed by atoms with Gasteiger partial charge in [-0.05, 0) is 26.2 Å². The maximum atomic E-state index is 12.7. The number of ketones is 1. The van der Waals surface area contributed by atoms with Gasteiger partial charge in [-0.2, -0.15) is 4.65 Å². The van der Waals surface area contributed by atoms with Crippen molar-refractivity contribution in [1.82, 2.24) is 0 Å². The lowest BCUT2D eigenvalue weighted by Gasteiger charge is -2.35. The number of hydrogen-bond donors (Lipinski definition) is 0. The first-order valence-corrected chi connectivity index (χ1v) is 16.7. The standard InChI is InChI=1S/C33H68NO2/c1-5-9-12-13-14-15-16-17-18-19-20-21-22-23-24-25-26-27-28-29-33(35)32-34(36-8-4,30-10-6-2)31-11-7-3/h5-32H2,1-4H3/q+1. The maximum absolute atomic E-state index is 12.7. The fraction of sp³-hybridized carbons (Fsp3) is 0.970. The molecule has 0 N–H and O–H groups in total. The molecule has 0 unspecified atom stereocenters. The molecule has 0 atom stereocenters. The van der Waals surface area contributed by atoms with Crippen molar-refractivity contribution in [2.45, 2.75) is 182 Å². The molecule has 0 heterocycles. The number of carbonyl (C=O) groups is 1. The summed E-state index contributed by atoms with van der Waals surface area (Å²) in [5, 5.41) is 0. The van der Waals surface area contributed by atoms with E-state index in [1.165, 1.54) is 116 Å². The average molecular weight is 511 g/mol. The number of unbranched alkanes of at least 4 members (excludes halogenated alkanes) is 20. The fourth-order valence-electron chi connectivity index (χ4n) is 5.41. The predicted molar refractivity (Wildman–Crippen MR) is 159 cm³/mol. The smallest absolute Gasteiger partial charge is 0.189 e. The quantitative estimate of drug-likeness (QED) is 0.0545. The Morgan fingerprint density at radius 2 is 0.806 bits per heavy atom. The third-order valence-electron chi connectivity index (χ3n) is 7.77. The van der Waals surface area contributed by atoms with E-state index in [0.29, 0.717) is 23.6 Å². The Morgan fingerprint density at radius 3 is 1.14 bits per heavy atom. The molecular weight excluding hydrogens is 442 g/mol. The zero-order chi connectivity index (χ0) is 26.6. The van der Waals surface area contributed by atoms with E-state index in [1.54, 1.807) is 0 Å². The molecule has 0 fully saturated rings. The number of rotatable bonds is 30. The summed E-state index contributed by atoms with van der Waals surface area (Å²) in [7, 11) is 0. The monoisotopic (exact) mass is 511 g/mol. The van der Waals surface area contributed by atoms with Crippen LogP contribution in [-0.2, 0) is 9.63 Å². The van der Waals surface area contributed by atoms with Gasteiger partial charge in [0.05, 0.1) is 0 Å². The molecule has 0 aromatic carbocycles. The van der Waals surface area contributed by atoms with Gasteiger partial charge in [0, 0.05) is 6.42 Å². The number of hydroxylamine groups is 3. The molecule has 0 radical (unpaired) electrons. The Labute approximate surface area is 228 Å². The normalized spacial score (nSPS) is 11.9. The van der Waals surface area contributed by atoms with Crippen molar-refractivity contribution in [1.29, 1.82) is 0 Å². The van der Waals surface area contributed by atoms with Gasteiger partial charge in [-0.3, -0.25) is 4.79 Å². The summed E-state index contributed by atoms with van der Waals surface area (Å²) in [5.41, 5.74) is 0. The first kappa shape index (κ1) is 35.6. The molecule has 0 aliphatic heterocycles. The van der Waals surface area contributed by atoms with E-state index in [0.717, 1.165) is 51.6 Å². The highest BCUT2D eigenvalue weighted by Gasteiger charge is 2.31. The van der Waals surface area contributed by atoms with E-state index in [1.807, 2.05) is 0 Å². The number of quaternary nitrogens is 1. The molecule has 3 heteroatoms. The molecule has 36 heavy (non-hydrogen) atoms. The summed E-state index contributed by atoms with van der Waals surface area (Å²) in [6.07, 6.45) is 31.7. The van der Waals surface area contributed by atoms with E-state index in [2.05, 4.69) is 27.7 Å². The van der Waals surface area contributed by atoms with E-state index in [4.69, 9.17) is 4.84 Å². The zero-order valence-electron chi connectivity index (χ0n) is 25.6. The second kappa shape index (κ2) is 27.6. The van der Waals surface area contributed by atoms with Gasteiger partial charge < -0.3 is 0 Å². The van der Waals surface area contributed by atoms with Gasteiger partial charge in [0.1, 0.15) is 19.7 Å². The summed E-state index contributed by atoms with van der Waals surface area (Å²) in [6.45, 7) is 12.0. The van der Waals surface area contributed by atoms with Crippen LogP contribution in [0.15, 0.2) is 0 Å². The number of nitrogens with zero attached hydrogens (tertiary/aromatic N) is 1. The minimum atomic E-state index is 0.405. The second-order valence-corrected chi connectivity index (χ2v) is 11.4. The number of carbonyl (C=O) groups excluding carboxylic acids is 1. The molecule has 0 amide bonds. The molecule has 0 spiro atoms. The number of Topliss-reactive ketones (excluding diaryl/α,β-unsaturated/α-hetero) is 1. The van der Waals surface area contributed by atoms with Gasteiger partial charge in [0.2, 0.25) is 0 Å². The van der Waals surface area contributed by atoms with Crippen LogP contribution in [0.5, 0.6) is 0 Å². The Hall–Kier alpha value is -0.410. The van der Waals surface area contributed by atoms with Crippen LogP contribution in [0.1, 0.15) is 182 Å². The number of hydrogen-bond acceptors (Lipinski definition) is 2. The topological polar surface area (TPSA) is 26.3 Å². The minimum Gasteiger partial charge on any atom is -0.293 e. The Morgan fingerprint density at radius 1 is 0.472 bits per heavy atom. The predicted octanol–water partition coefficient (Wildman–Crippen LogP) is 10.7. The molecule has 0 aliphatic rings. The minimum absolute atomic E-state index is 0.405. The van der Waals surface area contributed by atoms with Crippen LogP contribution >= 0.6 is 0 Å². The van der Waals surface area contributed by atoms with Gasteiger partial charge >= 0.3 is 0 Å². The molecular formula is C33H68NO2+. The van der Waals surface area contributed by atoms with Crippen molar-refractivity contribution in [2.24, 2.45) is 0 Å². The van der Waals surface area contributed by atoms with Crippen LogP contribution in [0.4, 0.5) is 0 Å². The lowest BCUT2D eigenvalue weighted by molar-refractivity contribution is -1.10. The van der Waals surface area contributed by atoms with Gasteiger partial charge in [-0.15, -0.1) is 0 Å². The first-order chi connectivity index (χ1) is 17.6. The van der Waals surface area contributed by atoms with Crippen LogP contribution in [0.25, 0.3) is 0 Å². The third-order valence-corrected chi connectivity index (χ3v) is 7.77. The maximum Gasteiger partial charge on any atom is 0.189 e. The molecule has 216 valence electrons. The average Bonchev–Trinajstić information content (AvgIpc) is 2.87. The van der Waals surface area contributed by atoms with Crippen LogP contribution in [0.2, 0.25) is 0 Å². The molecule has 0 saturated heterocycles. The Kier molecular flexibility index (Phi) is 27.3. The fourth-order valence-corrected chi connectivity index (χ4v) is 5.41. The lowest BCUT2D eigenvalue weighted by Crippen LogP contribution is -2.52. The summed E-state index contributed by atoms with van der Waals surface area (Å²) in [6, 6.07) is 0. The van der Waals surface area contributed by atoms with Crippen molar-refractivity contribution in [3.63, 3.8) is 0 Å². The zero-order valence-corrected chi connectivity index (χ0v) is 25.6. The first-order valence-electron chi connectivity index (χ1n) is 16.7. The third kappa shape index (κ3) is 22.8. The van der Waals surface area contributed by atoms with Gasteiger partial charge in [-0.25, -0.2) is 4.84 Å². The summed E-state index contributed by atoms with van der Waals surface area (Å²) >= 11 is 0. The SMILES string of the molecule is CCCCCCCCCCCCCCCCCCCCCC(=O)C[N+](CCCC)(CCCC)OCC. The molecule has 3 nitrogen and oxygen atoms in total. The van der Waals surface area contributed by atoms with Crippen LogP contribution in [0, 0.1) is 0 Å². The summed E-state index contributed by atoms with van der Waals surface area (Å²) in [4.78, 5) is 18.9. The van der Waals surface area contributed by atoms with Crippen molar-refractivity contribution in [3.05, 3.63) is 0 Å². The van der Waals surface area contributed by atoms with Crippen molar-refractivity contribution in [2.75, 3.05) is 26.2 Å². The van der Waals surface area contributed by atoms with Crippen LogP contribution in [-0.4, -0.2) is 36.7 Å². The van der Waals surface area contributed by atoms with Gasteiger partial charge in [0.25, 0.3) is 0 Å². The second-order valence-electron chi connectivity index (χ2n) is 11.4. The highest BCUT2D eigenvalue weighted by molar-refractivity contribution is 5.79. The van der Waals surface area contributed by atoms with Crippen molar-refractivity contribution < 1.29 is 14.3 Å². The van der Waals surface area contributed by atoms with E-state index in [-0.39, 0.29) is 0 Å². The molecule has 0 saturated carbocycles. The van der Waals surface area contributed by atoms with Crippen LogP contribution in [0.3, 0.4) is 0 Å². The summed E-state index contributed by atoms with van der Waals surface area (Å²) < 4.78 is 0.566. The highest BCUT2D eigenvalue weighted by Crippen LogP contribution is 2.17. The van der Waals surface area contributed by atoms with Gasteiger partial charge in [0.15, 0.2) is 12.3 Å². The lowest BCUT2D eigenvalue weighted by atomic mass is 10.0. The molecule has 0 aromatic rings. The Balaban J connectivity index is 3.62. The molecule has 0 aliphatic carbocycles. The molecule has 0 bridgehead atoms. The van der Waals surface area contributed by atoms with Crippen molar-refractivity contribution >= 4 is 5.78 Å². The van der Waals surface area contributed by atoms with E-state index in [9.17, 15) is 4.79 Å². The van der Waals surface area contributed by atoms with E-state index >= 15 is 0 Å². The molecule has 0 rings (SSSR count). The van der Waals surface area contributed by atoms with Gasteiger partial charge in [-0.1, -0.05) is 149 Å². The highest BCUT2D eigenvalue weighted by atomic mass is 16.7. The Bertz CT molecular complexity index is 443. The largest absolute Gasteiger partial charge is 0.293 e. The van der Waals surface area contributed by atoms with E-state index < -0.39 is 0 Å². The van der Waals surface area contributed by atoms with Crippen LogP contribution < -0.4 is 0 Å². The summed E-state index contributed by atoms with van der Waals surface area (Å²) in [5.74, 6) is 0.405. The van der Waals surface area contributed by atoms with Crippen molar-refractivity contribution in [3.8, 4) is 0 Å². The molecule has 0 aromatic heterocycles.